The number of aromatic nitrogens is 4. The van der Waals surface area contributed by atoms with E-state index in [1.807, 2.05) is 36.4 Å². The molecule has 0 fully saturated rings. The molecule has 9 heteroatoms. The number of ether oxygens (including phenoxy) is 1. The van der Waals surface area contributed by atoms with Crippen molar-refractivity contribution in [1.82, 2.24) is 19.7 Å². The first-order valence-corrected chi connectivity index (χ1v) is 10.1. The smallest absolute Gasteiger partial charge is 0.433 e. The zero-order chi connectivity index (χ0) is 23.0. The number of benzene rings is 2. The number of rotatable bonds is 5. The summed E-state index contributed by atoms with van der Waals surface area (Å²) in [5, 5.41) is 9.19. The number of fused-ring (bicyclic) bond motifs is 2. The lowest BCUT2D eigenvalue weighted by molar-refractivity contribution is -0.139. The number of hydrogen-bond acceptors (Lipinski definition) is 5. The van der Waals surface area contributed by atoms with Gasteiger partial charge in [0.2, 0.25) is 0 Å². The molecule has 0 saturated carbocycles. The molecule has 0 bridgehead atoms. The van der Waals surface area contributed by atoms with Crippen molar-refractivity contribution < 1.29 is 17.9 Å². The molecular weight excluding hydrogens is 431 g/mol. The van der Waals surface area contributed by atoms with Crippen LogP contribution in [0.25, 0.3) is 21.8 Å². The average Bonchev–Trinajstić information content (AvgIpc) is 3.15. The van der Waals surface area contributed by atoms with E-state index in [1.54, 1.807) is 36.2 Å². The molecule has 33 heavy (non-hydrogen) atoms. The molecule has 6 nitrogen and oxygen atoms in total. The Morgan fingerprint density at radius 1 is 0.939 bits per heavy atom. The van der Waals surface area contributed by atoms with Gasteiger partial charge in [-0.3, -0.25) is 4.98 Å². The lowest BCUT2D eigenvalue weighted by Gasteiger charge is -2.10. The van der Waals surface area contributed by atoms with Crippen LogP contribution in [0, 0.1) is 0 Å². The topological polar surface area (TPSA) is 64.9 Å². The highest BCUT2D eigenvalue weighted by molar-refractivity contribution is 5.92. The maximum absolute atomic E-state index is 13.3. The van der Waals surface area contributed by atoms with Gasteiger partial charge in [-0.1, -0.05) is 18.2 Å². The van der Waals surface area contributed by atoms with Crippen LogP contribution in [-0.2, 0) is 12.7 Å². The van der Waals surface area contributed by atoms with E-state index in [2.05, 4.69) is 20.4 Å². The molecule has 0 atom stereocenters. The first-order chi connectivity index (χ1) is 15.9. The Morgan fingerprint density at radius 2 is 1.76 bits per heavy atom. The molecule has 5 rings (SSSR count). The average molecular weight is 449 g/mol. The van der Waals surface area contributed by atoms with E-state index in [0.717, 1.165) is 22.9 Å². The summed E-state index contributed by atoms with van der Waals surface area (Å²) in [5.41, 5.74) is 1.43. The largest absolute Gasteiger partial charge is 0.497 e. The summed E-state index contributed by atoms with van der Waals surface area (Å²) in [6.07, 6.45) is -1.66. The third-order valence-electron chi connectivity index (χ3n) is 5.29. The van der Waals surface area contributed by atoms with Crippen molar-refractivity contribution in [3.05, 3.63) is 84.3 Å². The minimum atomic E-state index is -4.52. The summed E-state index contributed by atoms with van der Waals surface area (Å²) in [6.45, 7) is 0.498. The Kier molecular flexibility index (Phi) is 5.08. The quantitative estimate of drug-likeness (QED) is 0.367. The van der Waals surface area contributed by atoms with Gasteiger partial charge in [0.15, 0.2) is 17.2 Å². The van der Waals surface area contributed by atoms with Crippen LogP contribution in [0.1, 0.15) is 11.3 Å². The molecule has 0 saturated heterocycles. The van der Waals surface area contributed by atoms with Crippen LogP contribution in [0.3, 0.4) is 0 Å². The molecule has 3 heterocycles. The number of hydrogen-bond donors (Lipinski definition) is 1. The standard InChI is InChI=1S/C24H18F3N5O/c1-33-18-7-4-15(5-8-18)14-32-23-20(3-2-11-29-23)22(31-32)30-17-6-9-19-16(13-17)10-12-28-21(19)24(25,26)27/h2-13H,14H2,1H3,(H,30,31). The maximum Gasteiger partial charge on any atom is 0.433 e. The Morgan fingerprint density at radius 3 is 2.52 bits per heavy atom. The zero-order valence-corrected chi connectivity index (χ0v) is 17.5. The van der Waals surface area contributed by atoms with Gasteiger partial charge < -0.3 is 10.1 Å². The number of nitrogens with one attached hydrogen (secondary N) is 1. The van der Waals surface area contributed by atoms with E-state index in [4.69, 9.17) is 4.74 Å². The van der Waals surface area contributed by atoms with E-state index >= 15 is 0 Å². The second-order valence-corrected chi connectivity index (χ2v) is 7.45. The van der Waals surface area contributed by atoms with E-state index in [1.165, 1.54) is 6.07 Å². The van der Waals surface area contributed by atoms with Gasteiger partial charge in [0, 0.05) is 23.5 Å². The number of nitrogens with zero attached hydrogens (tertiary/aromatic N) is 4. The summed E-state index contributed by atoms with van der Waals surface area (Å²) in [4.78, 5) is 7.97. The molecule has 1 N–H and O–H groups in total. The van der Waals surface area contributed by atoms with E-state index < -0.39 is 11.9 Å². The van der Waals surface area contributed by atoms with Crippen molar-refractivity contribution in [2.75, 3.05) is 12.4 Å². The van der Waals surface area contributed by atoms with Crippen molar-refractivity contribution in [3.8, 4) is 5.75 Å². The Labute approximate surface area is 186 Å². The summed E-state index contributed by atoms with van der Waals surface area (Å²) in [6, 6.07) is 17.6. The van der Waals surface area contributed by atoms with Gasteiger partial charge in [-0.05, 0) is 53.4 Å². The highest BCUT2D eigenvalue weighted by Crippen LogP contribution is 2.34. The van der Waals surface area contributed by atoms with Crippen molar-refractivity contribution in [2.24, 2.45) is 0 Å². The van der Waals surface area contributed by atoms with Crippen molar-refractivity contribution in [1.29, 1.82) is 0 Å². The van der Waals surface area contributed by atoms with Gasteiger partial charge in [0.25, 0.3) is 0 Å². The summed E-state index contributed by atoms with van der Waals surface area (Å²) < 4.78 is 46.8. The molecule has 0 aliphatic rings. The van der Waals surface area contributed by atoms with Crippen LogP contribution < -0.4 is 10.1 Å². The number of halogens is 3. The fourth-order valence-electron chi connectivity index (χ4n) is 3.73. The third-order valence-corrected chi connectivity index (χ3v) is 5.29. The van der Waals surface area contributed by atoms with Crippen LogP contribution in [0.4, 0.5) is 24.7 Å². The van der Waals surface area contributed by atoms with Crippen molar-refractivity contribution in [3.63, 3.8) is 0 Å². The molecule has 0 unspecified atom stereocenters. The highest BCUT2D eigenvalue weighted by atomic mass is 19.4. The molecule has 5 aromatic rings. The maximum atomic E-state index is 13.3. The Hall–Kier alpha value is -4.14. The molecule has 3 aromatic heterocycles. The molecular formula is C24H18F3N5O. The summed E-state index contributed by atoms with van der Waals surface area (Å²) >= 11 is 0. The minimum Gasteiger partial charge on any atom is -0.497 e. The van der Waals surface area contributed by atoms with E-state index in [9.17, 15) is 13.2 Å². The van der Waals surface area contributed by atoms with Crippen LogP contribution in [0.2, 0.25) is 0 Å². The lowest BCUT2D eigenvalue weighted by Crippen LogP contribution is -2.08. The van der Waals surface area contributed by atoms with Crippen molar-refractivity contribution in [2.45, 2.75) is 12.7 Å². The summed E-state index contributed by atoms with van der Waals surface area (Å²) in [7, 11) is 1.62. The monoisotopic (exact) mass is 449 g/mol. The van der Waals surface area contributed by atoms with Gasteiger partial charge in [0.1, 0.15) is 5.75 Å². The fourth-order valence-corrected chi connectivity index (χ4v) is 3.73. The predicted octanol–water partition coefficient (Wildman–Crippen LogP) is 5.80. The lowest BCUT2D eigenvalue weighted by atomic mass is 10.1. The first kappa shape index (κ1) is 20.7. The molecule has 0 radical (unpaired) electrons. The second-order valence-electron chi connectivity index (χ2n) is 7.45. The van der Waals surface area contributed by atoms with Crippen LogP contribution in [0.5, 0.6) is 5.75 Å². The second kappa shape index (κ2) is 8.09. The zero-order valence-electron chi connectivity index (χ0n) is 17.5. The van der Waals surface area contributed by atoms with Gasteiger partial charge in [0.05, 0.1) is 19.0 Å². The van der Waals surface area contributed by atoms with E-state index in [0.29, 0.717) is 29.1 Å². The molecule has 0 spiro atoms. The molecule has 2 aromatic carbocycles. The van der Waals surface area contributed by atoms with E-state index in [-0.39, 0.29) is 5.39 Å². The molecule has 166 valence electrons. The molecule has 0 amide bonds. The third kappa shape index (κ3) is 4.05. The SMILES string of the molecule is COc1ccc(Cn2nc(Nc3ccc4c(C(F)(F)F)nccc4c3)c3cccnc32)cc1. The van der Waals surface area contributed by atoms with Gasteiger partial charge in [-0.25, -0.2) is 9.67 Å². The fraction of sp³-hybridized carbons (Fsp3) is 0.125. The van der Waals surface area contributed by atoms with Crippen LogP contribution >= 0.6 is 0 Å². The number of methoxy groups -OCH3 is 1. The predicted molar refractivity (Wildman–Crippen MR) is 120 cm³/mol. The number of anilines is 2. The Bertz CT molecular complexity index is 1440. The minimum absolute atomic E-state index is 0.0482. The number of alkyl halides is 3. The Balaban J connectivity index is 1.49. The molecule has 0 aliphatic carbocycles. The van der Waals surface area contributed by atoms with Crippen LogP contribution in [0.15, 0.2) is 73.1 Å². The van der Waals surface area contributed by atoms with Gasteiger partial charge in [-0.15, -0.1) is 0 Å². The number of pyridine rings is 2. The summed E-state index contributed by atoms with van der Waals surface area (Å²) in [5.74, 6) is 1.33. The van der Waals surface area contributed by atoms with Crippen LogP contribution in [-0.4, -0.2) is 26.9 Å². The van der Waals surface area contributed by atoms with Crippen molar-refractivity contribution >= 4 is 33.3 Å². The normalized spacial score (nSPS) is 11.8. The highest BCUT2D eigenvalue weighted by Gasteiger charge is 2.34. The first-order valence-electron chi connectivity index (χ1n) is 10.1. The van der Waals surface area contributed by atoms with Gasteiger partial charge >= 0.3 is 6.18 Å². The van der Waals surface area contributed by atoms with Gasteiger partial charge in [-0.2, -0.15) is 18.3 Å². The molecule has 0 aliphatic heterocycles.